The Hall–Kier alpha value is -0.0800. The summed E-state index contributed by atoms with van der Waals surface area (Å²) in [7, 11) is 0. The average Bonchev–Trinajstić information content (AvgIpc) is 2.30. The Balaban J connectivity index is 2.71. The Labute approximate surface area is 81.6 Å². The van der Waals surface area contributed by atoms with E-state index >= 15 is 0 Å². The summed E-state index contributed by atoms with van der Waals surface area (Å²) in [4.78, 5) is 0. The molecule has 0 aromatic rings. The third-order valence-electron chi connectivity index (χ3n) is 3.35. The summed E-state index contributed by atoms with van der Waals surface area (Å²) < 4.78 is 11.7. The molecule has 13 heavy (non-hydrogen) atoms. The van der Waals surface area contributed by atoms with Crippen molar-refractivity contribution in [2.45, 2.75) is 58.2 Å². The van der Waals surface area contributed by atoms with Crippen LogP contribution in [-0.4, -0.2) is 24.4 Å². The molecular weight excluding hydrogens is 164 g/mol. The second kappa shape index (κ2) is 3.97. The third-order valence-corrected chi connectivity index (χ3v) is 3.35. The highest BCUT2D eigenvalue weighted by atomic mass is 16.6. The van der Waals surface area contributed by atoms with E-state index in [4.69, 9.17) is 9.47 Å². The highest BCUT2D eigenvalue weighted by Gasteiger charge is 2.50. The molecule has 0 radical (unpaired) electrons. The topological polar surface area (TPSA) is 18.5 Å². The molecule has 2 unspecified atom stereocenters. The average molecular weight is 186 g/mol. The van der Waals surface area contributed by atoms with E-state index < -0.39 is 0 Å². The molecule has 0 aromatic carbocycles. The molecule has 1 aliphatic carbocycles. The van der Waals surface area contributed by atoms with Gasteiger partial charge >= 0.3 is 0 Å². The second-order valence-corrected chi connectivity index (χ2v) is 4.18. The zero-order valence-electron chi connectivity index (χ0n) is 9.35. The molecule has 0 aliphatic heterocycles. The van der Waals surface area contributed by atoms with E-state index in [1.165, 1.54) is 6.42 Å². The number of hydrogen-bond donors (Lipinski definition) is 0. The SMILES string of the molecule is CCOC1(C)CCCC1(C)OCC. The fourth-order valence-corrected chi connectivity index (χ4v) is 2.38. The van der Waals surface area contributed by atoms with Gasteiger partial charge in [0.15, 0.2) is 0 Å². The lowest BCUT2D eigenvalue weighted by Gasteiger charge is -2.40. The van der Waals surface area contributed by atoms with Gasteiger partial charge in [0.25, 0.3) is 0 Å². The monoisotopic (exact) mass is 186 g/mol. The van der Waals surface area contributed by atoms with Crippen molar-refractivity contribution < 1.29 is 9.47 Å². The standard InChI is InChI=1S/C11H22O2/c1-5-12-10(3)8-7-9-11(10,4)13-6-2/h5-9H2,1-4H3. The second-order valence-electron chi connectivity index (χ2n) is 4.18. The van der Waals surface area contributed by atoms with Gasteiger partial charge in [-0.1, -0.05) is 0 Å². The van der Waals surface area contributed by atoms with Crippen LogP contribution < -0.4 is 0 Å². The van der Waals surface area contributed by atoms with Crippen LogP contribution in [0.2, 0.25) is 0 Å². The molecule has 78 valence electrons. The van der Waals surface area contributed by atoms with Crippen molar-refractivity contribution in [1.82, 2.24) is 0 Å². The van der Waals surface area contributed by atoms with Crippen LogP contribution >= 0.6 is 0 Å². The first kappa shape index (κ1) is 11.0. The molecule has 0 spiro atoms. The molecule has 1 saturated carbocycles. The molecule has 0 bridgehead atoms. The van der Waals surface area contributed by atoms with Crippen molar-refractivity contribution in [2.75, 3.05) is 13.2 Å². The Kier molecular flexibility index (Phi) is 3.36. The molecule has 2 atom stereocenters. The molecule has 0 heterocycles. The van der Waals surface area contributed by atoms with Crippen LogP contribution in [0.4, 0.5) is 0 Å². The van der Waals surface area contributed by atoms with Gasteiger partial charge in [-0.15, -0.1) is 0 Å². The van der Waals surface area contributed by atoms with E-state index in [9.17, 15) is 0 Å². The zero-order chi connectivity index (χ0) is 9.95. The first-order chi connectivity index (χ1) is 6.08. The maximum atomic E-state index is 5.83. The molecule has 0 aromatic heterocycles. The third kappa shape index (κ3) is 1.89. The van der Waals surface area contributed by atoms with Crippen LogP contribution in [0.25, 0.3) is 0 Å². The van der Waals surface area contributed by atoms with Crippen LogP contribution in [0.3, 0.4) is 0 Å². The van der Waals surface area contributed by atoms with Crippen molar-refractivity contribution in [1.29, 1.82) is 0 Å². The molecule has 1 rings (SSSR count). The molecule has 0 amide bonds. The van der Waals surface area contributed by atoms with Gasteiger partial charge in [0, 0.05) is 13.2 Å². The molecule has 2 nitrogen and oxygen atoms in total. The molecule has 2 heteroatoms. The molecule has 0 N–H and O–H groups in total. The summed E-state index contributed by atoms with van der Waals surface area (Å²) in [5, 5.41) is 0. The Morgan fingerprint density at radius 2 is 1.31 bits per heavy atom. The first-order valence-electron chi connectivity index (χ1n) is 5.36. The van der Waals surface area contributed by atoms with E-state index in [0.29, 0.717) is 0 Å². The lowest BCUT2D eigenvalue weighted by atomic mass is 9.89. The van der Waals surface area contributed by atoms with Crippen molar-refractivity contribution >= 4 is 0 Å². The van der Waals surface area contributed by atoms with Gasteiger partial charge in [0.05, 0.1) is 11.2 Å². The highest BCUT2D eigenvalue weighted by Crippen LogP contribution is 2.44. The van der Waals surface area contributed by atoms with Gasteiger partial charge in [-0.25, -0.2) is 0 Å². The van der Waals surface area contributed by atoms with Crippen LogP contribution in [0.5, 0.6) is 0 Å². The van der Waals surface area contributed by atoms with Gasteiger partial charge in [-0.05, 0) is 47.0 Å². The fraction of sp³-hybridized carbons (Fsp3) is 1.00. The highest BCUT2D eigenvalue weighted by molar-refractivity contribution is 5.02. The molecule has 1 fully saturated rings. The van der Waals surface area contributed by atoms with Gasteiger partial charge in [-0.2, -0.15) is 0 Å². The quantitative estimate of drug-likeness (QED) is 0.672. The predicted molar refractivity (Wildman–Crippen MR) is 53.9 cm³/mol. The van der Waals surface area contributed by atoms with Crippen LogP contribution in [-0.2, 0) is 9.47 Å². The minimum absolute atomic E-state index is 0.0717. The largest absolute Gasteiger partial charge is 0.373 e. The molecule has 0 saturated heterocycles. The predicted octanol–water partition coefficient (Wildman–Crippen LogP) is 2.76. The summed E-state index contributed by atoms with van der Waals surface area (Å²) in [6.45, 7) is 10.0. The summed E-state index contributed by atoms with van der Waals surface area (Å²) in [5.74, 6) is 0. The van der Waals surface area contributed by atoms with Gasteiger partial charge in [0.2, 0.25) is 0 Å². The summed E-state index contributed by atoms with van der Waals surface area (Å²) in [6.07, 6.45) is 3.46. The van der Waals surface area contributed by atoms with Gasteiger partial charge in [0.1, 0.15) is 0 Å². The number of ether oxygens (including phenoxy) is 2. The van der Waals surface area contributed by atoms with Crippen molar-refractivity contribution in [3.05, 3.63) is 0 Å². The Morgan fingerprint density at radius 1 is 0.923 bits per heavy atom. The van der Waals surface area contributed by atoms with E-state index in [2.05, 4.69) is 27.7 Å². The summed E-state index contributed by atoms with van der Waals surface area (Å²) in [5.41, 5.74) is -0.143. The van der Waals surface area contributed by atoms with E-state index in [1.807, 2.05) is 0 Å². The minimum Gasteiger partial charge on any atom is -0.373 e. The molecule has 1 aliphatic rings. The van der Waals surface area contributed by atoms with Crippen molar-refractivity contribution in [3.8, 4) is 0 Å². The van der Waals surface area contributed by atoms with Gasteiger partial charge < -0.3 is 9.47 Å². The van der Waals surface area contributed by atoms with Crippen molar-refractivity contribution in [3.63, 3.8) is 0 Å². The van der Waals surface area contributed by atoms with Crippen LogP contribution in [0.1, 0.15) is 47.0 Å². The smallest absolute Gasteiger partial charge is 0.0939 e. The van der Waals surface area contributed by atoms with Gasteiger partial charge in [-0.3, -0.25) is 0 Å². The van der Waals surface area contributed by atoms with Crippen LogP contribution in [0.15, 0.2) is 0 Å². The maximum absolute atomic E-state index is 5.83. The summed E-state index contributed by atoms with van der Waals surface area (Å²) >= 11 is 0. The minimum atomic E-state index is -0.0717. The van der Waals surface area contributed by atoms with E-state index in [0.717, 1.165) is 26.1 Å². The fourth-order valence-electron chi connectivity index (χ4n) is 2.38. The maximum Gasteiger partial charge on any atom is 0.0939 e. The molecular formula is C11H22O2. The van der Waals surface area contributed by atoms with Crippen LogP contribution in [0, 0.1) is 0 Å². The zero-order valence-corrected chi connectivity index (χ0v) is 9.35. The lowest BCUT2D eigenvalue weighted by Crippen LogP contribution is -2.49. The number of rotatable bonds is 4. The Bertz CT molecular complexity index is 151. The Morgan fingerprint density at radius 3 is 1.62 bits per heavy atom. The van der Waals surface area contributed by atoms with Crippen molar-refractivity contribution in [2.24, 2.45) is 0 Å². The van der Waals surface area contributed by atoms with E-state index in [-0.39, 0.29) is 11.2 Å². The van der Waals surface area contributed by atoms with E-state index in [1.54, 1.807) is 0 Å². The first-order valence-corrected chi connectivity index (χ1v) is 5.36. The normalized spacial score (nSPS) is 39.7. The number of hydrogen-bond acceptors (Lipinski definition) is 2. The lowest BCUT2D eigenvalue weighted by molar-refractivity contribution is -0.171. The summed E-state index contributed by atoms with van der Waals surface area (Å²) in [6, 6.07) is 0.